The summed E-state index contributed by atoms with van der Waals surface area (Å²) in [5.74, 6) is -0.269. The molecule has 14 nitrogen and oxygen atoms in total. The molecule has 1 unspecified atom stereocenters. The van der Waals surface area contributed by atoms with Crippen LogP contribution >= 0.6 is 11.6 Å². The number of piperazine rings is 1. The molecule has 3 aliphatic rings. The number of carbonyl (C=O) groups is 5. The van der Waals surface area contributed by atoms with E-state index < -0.39 is 11.9 Å². The average Bonchev–Trinajstić information content (AvgIpc) is 3.85. The maximum absolute atomic E-state index is 13.1. The summed E-state index contributed by atoms with van der Waals surface area (Å²) in [5, 5.41) is 11.9. The summed E-state index contributed by atoms with van der Waals surface area (Å²) in [5.41, 5.74) is 11.1. The number of benzene rings is 3. The summed E-state index contributed by atoms with van der Waals surface area (Å²) >= 11 is 6.39. The monoisotopic (exact) mass is 874 g/mol. The molecule has 15 heteroatoms. The number of hydrogen-bond donors (Lipinski definition) is 2. The Morgan fingerprint density at radius 2 is 1.71 bits per heavy atom. The first kappa shape index (κ1) is 43.8. The topological polar surface area (TPSA) is 151 Å². The molecule has 5 aromatic rings. The van der Waals surface area contributed by atoms with E-state index in [9.17, 15) is 24.0 Å². The molecule has 2 N–H and O–H groups in total. The van der Waals surface area contributed by atoms with Gasteiger partial charge >= 0.3 is 0 Å². The molecule has 5 heterocycles. The second kappa shape index (κ2) is 18.5. The summed E-state index contributed by atoms with van der Waals surface area (Å²) in [6, 6.07) is 15.1. The Kier molecular flexibility index (Phi) is 12.9. The standard InChI is InChI=1S/C48H55ClN8O6/c1-29-22-35(23-30(2)45(29)49)63-21-7-10-37-38-8-6-9-39(44-31(3)52-53(5)32(44)4)46(38)56(41(37)28-58)20-19-54-15-17-55(18-16-54)27-43(60)50-25-33-11-12-36-34(24-33)26-57(48(36)62)40-13-14-42(59)51-47(40)61/h6,8-9,11-12,22-24,28,40H,7,10,13-21,25-27H2,1-5H3,(H,50,60)(H,51,59,61). The third kappa shape index (κ3) is 9.02. The van der Waals surface area contributed by atoms with Crippen molar-refractivity contribution >= 4 is 52.4 Å². The van der Waals surface area contributed by atoms with Crippen molar-refractivity contribution < 1.29 is 28.7 Å². The number of aryl methyl sites for hydroxylation is 5. The fourth-order valence-electron chi connectivity index (χ4n) is 9.53. The van der Waals surface area contributed by atoms with Crippen LogP contribution < -0.4 is 15.4 Å². The number of rotatable bonds is 15. The normalized spacial score (nSPS) is 17.1. The molecule has 0 bridgehead atoms. The zero-order valence-corrected chi connectivity index (χ0v) is 37.4. The van der Waals surface area contributed by atoms with Crippen LogP contribution in [0.15, 0.2) is 48.5 Å². The number of aldehydes is 1. The number of ether oxygens (including phenoxy) is 1. The summed E-state index contributed by atoms with van der Waals surface area (Å²) in [6.45, 7) is 13.8. The Balaban J connectivity index is 0.889. The van der Waals surface area contributed by atoms with Crippen molar-refractivity contribution in [2.24, 2.45) is 7.05 Å². The second-order valence-corrected chi connectivity index (χ2v) is 17.5. The predicted octanol–water partition coefficient (Wildman–Crippen LogP) is 5.45. The highest BCUT2D eigenvalue weighted by Gasteiger charge is 2.39. The molecule has 0 aliphatic carbocycles. The van der Waals surface area contributed by atoms with Gasteiger partial charge in [-0.25, -0.2) is 0 Å². The van der Waals surface area contributed by atoms with Crippen molar-refractivity contribution in [3.63, 3.8) is 0 Å². The van der Waals surface area contributed by atoms with Crippen molar-refractivity contribution in [3.05, 3.63) is 104 Å². The number of aromatic nitrogens is 3. The van der Waals surface area contributed by atoms with E-state index >= 15 is 0 Å². The minimum Gasteiger partial charge on any atom is -0.494 e. The first-order chi connectivity index (χ1) is 30.3. The Bertz CT molecular complexity index is 2600. The average molecular weight is 875 g/mol. The third-order valence-electron chi connectivity index (χ3n) is 12.9. The molecule has 8 rings (SSSR count). The van der Waals surface area contributed by atoms with E-state index in [-0.39, 0.29) is 37.2 Å². The van der Waals surface area contributed by atoms with Crippen molar-refractivity contribution in [1.29, 1.82) is 0 Å². The van der Waals surface area contributed by atoms with E-state index in [4.69, 9.17) is 21.4 Å². The van der Waals surface area contributed by atoms with Crippen LogP contribution in [0.3, 0.4) is 0 Å². The molecule has 4 amide bonds. The van der Waals surface area contributed by atoms with E-state index in [0.29, 0.717) is 43.8 Å². The lowest BCUT2D eigenvalue weighted by molar-refractivity contribution is -0.137. The number of nitrogens with zero attached hydrogens (tertiary/aromatic N) is 6. The van der Waals surface area contributed by atoms with Crippen LogP contribution in [-0.4, -0.2) is 111 Å². The number of hydrogen-bond acceptors (Lipinski definition) is 9. The zero-order valence-electron chi connectivity index (χ0n) is 36.7. The molecule has 2 saturated heterocycles. The van der Waals surface area contributed by atoms with Crippen molar-refractivity contribution in [3.8, 4) is 16.9 Å². The van der Waals surface area contributed by atoms with Gasteiger partial charge in [-0.1, -0.05) is 41.9 Å². The SMILES string of the molecule is Cc1cc(OCCCc2c(C=O)n(CCN3CCN(CC(=O)NCc4ccc5c(c4)CN(C4CCC(=O)NC4=O)C5=O)CC3)c3c(-c4c(C)nn(C)c4C)cccc23)cc(C)c1Cl. The van der Waals surface area contributed by atoms with Crippen LogP contribution in [0.4, 0.5) is 0 Å². The van der Waals surface area contributed by atoms with Crippen molar-refractivity contribution in [2.45, 2.75) is 79.1 Å². The highest BCUT2D eigenvalue weighted by atomic mass is 35.5. The fraction of sp³-hybridized carbons (Fsp3) is 0.417. The number of para-hydroxylation sites is 1. The van der Waals surface area contributed by atoms with Crippen LogP contribution in [0.1, 0.15) is 79.3 Å². The molecule has 1 atom stereocenters. The van der Waals surface area contributed by atoms with Gasteiger partial charge in [0.05, 0.1) is 30.1 Å². The van der Waals surface area contributed by atoms with Gasteiger partial charge in [0.1, 0.15) is 11.8 Å². The molecule has 0 saturated carbocycles. The van der Waals surface area contributed by atoms with Crippen LogP contribution in [0.2, 0.25) is 5.02 Å². The Hall–Kier alpha value is -5.83. The Labute approximate surface area is 372 Å². The lowest BCUT2D eigenvalue weighted by atomic mass is 9.98. The first-order valence-electron chi connectivity index (χ1n) is 21.8. The Morgan fingerprint density at radius 3 is 2.41 bits per heavy atom. The molecule has 2 fully saturated rings. The number of halogens is 1. The van der Waals surface area contributed by atoms with Crippen molar-refractivity contribution in [2.75, 3.05) is 45.9 Å². The first-order valence-corrected chi connectivity index (χ1v) is 22.2. The lowest BCUT2D eigenvalue weighted by Crippen LogP contribution is -2.52. The maximum atomic E-state index is 13.1. The highest BCUT2D eigenvalue weighted by Crippen LogP contribution is 2.38. The van der Waals surface area contributed by atoms with Gasteiger partial charge in [0.15, 0.2) is 6.29 Å². The van der Waals surface area contributed by atoms with E-state index in [1.807, 2.05) is 56.8 Å². The molecular weight excluding hydrogens is 820 g/mol. The van der Waals surface area contributed by atoms with E-state index in [1.54, 1.807) is 6.07 Å². The van der Waals surface area contributed by atoms with Crippen LogP contribution in [-0.2, 0) is 47.5 Å². The molecule has 0 spiro atoms. The molecule has 3 aliphatic heterocycles. The quantitative estimate of drug-likeness (QED) is 0.0796. The van der Waals surface area contributed by atoms with Crippen LogP contribution in [0.25, 0.3) is 22.0 Å². The fourth-order valence-corrected chi connectivity index (χ4v) is 9.64. The van der Waals surface area contributed by atoms with Gasteiger partial charge < -0.3 is 19.5 Å². The zero-order chi connectivity index (χ0) is 44.5. The van der Waals surface area contributed by atoms with Crippen molar-refractivity contribution in [1.82, 2.24) is 39.7 Å². The van der Waals surface area contributed by atoms with Gasteiger partial charge in [-0.3, -0.25) is 43.8 Å². The second-order valence-electron chi connectivity index (χ2n) is 17.1. The molecular formula is C48H55ClN8O6. The summed E-state index contributed by atoms with van der Waals surface area (Å²) in [4.78, 5) is 69.4. The molecule has 2 aromatic heterocycles. The number of amides is 4. The minimum atomic E-state index is -0.669. The van der Waals surface area contributed by atoms with Crippen LogP contribution in [0.5, 0.6) is 5.75 Å². The van der Waals surface area contributed by atoms with Crippen LogP contribution in [0, 0.1) is 27.7 Å². The molecule has 63 heavy (non-hydrogen) atoms. The lowest BCUT2D eigenvalue weighted by Gasteiger charge is -2.34. The highest BCUT2D eigenvalue weighted by molar-refractivity contribution is 6.32. The van der Waals surface area contributed by atoms with Gasteiger partial charge in [-0.2, -0.15) is 5.10 Å². The maximum Gasteiger partial charge on any atom is 0.255 e. The largest absolute Gasteiger partial charge is 0.494 e. The molecule has 0 radical (unpaired) electrons. The van der Waals surface area contributed by atoms with Gasteiger partial charge in [0, 0.05) is 98.6 Å². The molecule has 3 aromatic carbocycles. The predicted molar refractivity (Wildman–Crippen MR) is 241 cm³/mol. The van der Waals surface area contributed by atoms with E-state index in [0.717, 1.165) is 117 Å². The van der Waals surface area contributed by atoms with Gasteiger partial charge in [-0.15, -0.1) is 0 Å². The minimum absolute atomic E-state index is 0.0792. The summed E-state index contributed by atoms with van der Waals surface area (Å²) in [6.07, 6.45) is 2.92. The summed E-state index contributed by atoms with van der Waals surface area (Å²) < 4.78 is 10.3. The number of carbonyl (C=O) groups excluding carboxylic acids is 5. The third-order valence-corrected chi connectivity index (χ3v) is 13.5. The number of piperidine rings is 1. The summed E-state index contributed by atoms with van der Waals surface area (Å²) in [7, 11) is 1.96. The van der Waals surface area contributed by atoms with Gasteiger partial charge in [0.2, 0.25) is 17.7 Å². The number of fused-ring (bicyclic) bond motifs is 2. The number of imide groups is 1. The van der Waals surface area contributed by atoms with Gasteiger partial charge in [0.25, 0.3) is 5.91 Å². The number of nitrogens with one attached hydrogen (secondary N) is 2. The smallest absolute Gasteiger partial charge is 0.255 e. The van der Waals surface area contributed by atoms with E-state index in [2.05, 4.69) is 50.1 Å². The molecule has 330 valence electrons. The Morgan fingerprint density at radius 1 is 0.968 bits per heavy atom. The van der Waals surface area contributed by atoms with Gasteiger partial charge in [-0.05, 0) is 93.0 Å². The van der Waals surface area contributed by atoms with E-state index in [1.165, 1.54) is 4.90 Å².